The molecule has 0 saturated heterocycles. The number of hydrogen-bond acceptors (Lipinski definition) is 3. The van der Waals surface area contributed by atoms with Crippen LogP contribution in [0.25, 0.3) is 0 Å². The summed E-state index contributed by atoms with van der Waals surface area (Å²) in [6.07, 6.45) is 0.509. The maximum atomic E-state index is 13.6. The molecule has 1 aliphatic rings. The molecule has 0 saturated carbocycles. The highest BCUT2D eigenvalue weighted by molar-refractivity contribution is 6.40. The highest BCUT2D eigenvalue weighted by Gasteiger charge is 2.25. The Morgan fingerprint density at radius 1 is 1.19 bits per heavy atom. The number of hydrazone groups is 1. The van der Waals surface area contributed by atoms with Crippen molar-refractivity contribution in [1.29, 1.82) is 0 Å². The molecule has 2 aromatic carbocycles. The van der Waals surface area contributed by atoms with Gasteiger partial charge >= 0.3 is 0 Å². The van der Waals surface area contributed by atoms with Crippen molar-refractivity contribution in [2.75, 3.05) is 5.01 Å². The molecule has 0 aliphatic carbocycles. The Morgan fingerprint density at radius 2 is 2.00 bits per heavy atom. The lowest BCUT2D eigenvalue weighted by Gasteiger charge is -2.23. The van der Waals surface area contributed by atoms with Crippen LogP contribution in [0.3, 0.4) is 0 Å². The van der Waals surface area contributed by atoms with E-state index in [2.05, 4.69) is 10.4 Å². The minimum absolute atomic E-state index is 0.146. The van der Waals surface area contributed by atoms with Gasteiger partial charge in [0.2, 0.25) is 5.91 Å². The Hall–Kier alpha value is -3.02. The van der Waals surface area contributed by atoms with Crippen LogP contribution < -0.4 is 10.3 Å². The van der Waals surface area contributed by atoms with Crippen LogP contribution in [0.2, 0.25) is 0 Å². The highest BCUT2D eigenvalue weighted by atomic mass is 19.1. The van der Waals surface area contributed by atoms with Crippen LogP contribution >= 0.6 is 0 Å². The normalized spacial score (nSPS) is 14.2. The molecule has 3 rings (SSSR count). The quantitative estimate of drug-likeness (QED) is 0.917. The van der Waals surface area contributed by atoms with Crippen molar-refractivity contribution in [3.8, 4) is 0 Å². The molecule has 1 heterocycles. The molecule has 0 atom stereocenters. The van der Waals surface area contributed by atoms with Crippen molar-refractivity contribution in [2.45, 2.75) is 33.2 Å². The lowest BCUT2D eigenvalue weighted by atomic mass is 10.1. The van der Waals surface area contributed by atoms with Gasteiger partial charge in [-0.05, 0) is 48.7 Å². The van der Waals surface area contributed by atoms with Crippen molar-refractivity contribution < 1.29 is 14.0 Å². The van der Waals surface area contributed by atoms with Crippen molar-refractivity contribution in [3.63, 3.8) is 0 Å². The van der Waals surface area contributed by atoms with Crippen LogP contribution in [0.15, 0.2) is 47.6 Å². The number of carbonyl (C=O) groups is 2. The number of aryl methyl sites for hydroxylation is 2. The van der Waals surface area contributed by atoms with Crippen molar-refractivity contribution in [2.24, 2.45) is 5.10 Å². The standard InChI is InChI=1S/C20H20FN3O2/c1-13-4-3-5-16(10-13)24-19(25)9-8-18(23-24)20(26)22-12-15-7-6-14(2)17(21)11-15/h3-7,10-11H,8-9,12H2,1-2H3,(H,22,26). The van der Waals surface area contributed by atoms with Gasteiger partial charge in [-0.2, -0.15) is 5.10 Å². The van der Waals surface area contributed by atoms with Crippen molar-refractivity contribution >= 4 is 23.2 Å². The number of carbonyl (C=O) groups excluding carboxylic acids is 2. The average molecular weight is 353 g/mol. The summed E-state index contributed by atoms with van der Waals surface area (Å²) in [6.45, 7) is 3.81. The molecule has 134 valence electrons. The topological polar surface area (TPSA) is 61.8 Å². The van der Waals surface area contributed by atoms with Gasteiger partial charge < -0.3 is 5.32 Å². The van der Waals surface area contributed by atoms with Crippen molar-refractivity contribution in [1.82, 2.24) is 5.32 Å². The minimum Gasteiger partial charge on any atom is -0.347 e. The molecule has 26 heavy (non-hydrogen) atoms. The fourth-order valence-electron chi connectivity index (χ4n) is 2.71. The van der Waals surface area contributed by atoms with Crippen LogP contribution in [-0.2, 0) is 16.1 Å². The predicted octanol–water partition coefficient (Wildman–Crippen LogP) is 3.24. The first-order valence-corrected chi connectivity index (χ1v) is 8.44. The molecule has 0 unspecified atom stereocenters. The van der Waals surface area contributed by atoms with Crippen LogP contribution in [-0.4, -0.2) is 17.5 Å². The van der Waals surface area contributed by atoms with E-state index in [0.29, 0.717) is 22.5 Å². The number of halogens is 1. The third kappa shape index (κ3) is 3.96. The van der Waals surface area contributed by atoms with Gasteiger partial charge in [0, 0.05) is 19.4 Å². The number of rotatable bonds is 4. The summed E-state index contributed by atoms with van der Waals surface area (Å²) >= 11 is 0. The molecule has 0 bridgehead atoms. The summed E-state index contributed by atoms with van der Waals surface area (Å²) in [4.78, 5) is 24.6. The molecule has 0 aromatic heterocycles. The van der Waals surface area contributed by atoms with E-state index < -0.39 is 0 Å². The third-order valence-corrected chi connectivity index (χ3v) is 4.23. The summed E-state index contributed by atoms with van der Waals surface area (Å²) < 4.78 is 13.6. The number of amides is 2. The van der Waals surface area contributed by atoms with E-state index in [-0.39, 0.29) is 37.0 Å². The summed E-state index contributed by atoms with van der Waals surface area (Å²) in [5.41, 5.74) is 3.16. The van der Waals surface area contributed by atoms with Crippen LogP contribution in [0.1, 0.15) is 29.5 Å². The number of nitrogens with one attached hydrogen (secondary N) is 1. The molecule has 5 nitrogen and oxygen atoms in total. The van der Waals surface area contributed by atoms with Crippen LogP contribution in [0.5, 0.6) is 0 Å². The van der Waals surface area contributed by atoms with Gasteiger partial charge in [-0.25, -0.2) is 9.40 Å². The zero-order valence-corrected chi connectivity index (χ0v) is 14.8. The first-order chi connectivity index (χ1) is 12.4. The Morgan fingerprint density at radius 3 is 2.73 bits per heavy atom. The van der Waals surface area contributed by atoms with E-state index in [1.807, 2.05) is 25.1 Å². The predicted molar refractivity (Wildman–Crippen MR) is 98.3 cm³/mol. The Kier molecular flexibility index (Phi) is 5.11. The fraction of sp³-hybridized carbons (Fsp3) is 0.250. The van der Waals surface area contributed by atoms with Gasteiger partial charge in [-0.1, -0.05) is 24.3 Å². The summed E-state index contributed by atoms with van der Waals surface area (Å²) in [5, 5.41) is 8.25. The van der Waals surface area contributed by atoms with E-state index >= 15 is 0 Å². The van der Waals surface area contributed by atoms with Gasteiger partial charge in [0.15, 0.2) is 0 Å². The Bertz CT molecular complexity index is 892. The Balaban J connectivity index is 1.72. The molecule has 6 heteroatoms. The first kappa shape index (κ1) is 17.8. The SMILES string of the molecule is Cc1cccc(N2N=C(C(=O)NCc3ccc(C)c(F)c3)CCC2=O)c1. The van der Waals surface area contributed by atoms with E-state index in [4.69, 9.17) is 0 Å². The molecule has 2 amide bonds. The number of hydrogen-bond donors (Lipinski definition) is 1. The molecular weight excluding hydrogens is 333 g/mol. The lowest BCUT2D eigenvalue weighted by molar-refractivity contribution is -0.119. The van der Waals surface area contributed by atoms with Gasteiger partial charge in [-0.3, -0.25) is 9.59 Å². The van der Waals surface area contributed by atoms with Crippen LogP contribution in [0.4, 0.5) is 10.1 Å². The van der Waals surface area contributed by atoms with Gasteiger partial charge in [0.25, 0.3) is 5.91 Å². The van der Waals surface area contributed by atoms with E-state index in [1.54, 1.807) is 25.1 Å². The number of nitrogens with zero attached hydrogens (tertiary/aromatic N) is 2. The number of benzene rings is 2. The maximum Gasteiger partial charge on any atom is 0.267 e. The largest absolute Gasteiger partial charge is 0.347 e. The molecule has 0 radical (unpaired) electrons. The van der Waals surface area contributed by atoms with Gasteiger partial charge in [0.05, 0.1) is 5.69 Å². The van der Waals surface area contributed by atoms with Crippen molar-refractivity contribution in [3.05, 3.63) is 65.0 Å². The molecule has 1 aliphatic heterocycles. The maximum absolute atomic E-state index is 13.6. The zero-order chi connectivity index (χ0) is 18.7. The molecular formula is C20H20FN3O2. The first-order valence-electron chi connectivity index (χ1n) is 8.44. The minimum atomic E-state index is -0.351. The number of anilines is 1. The Labute approximate surface area is 151 Å². The zero-order valence-electron chi connectivity index (χ0n) is 14.8. The second-order valence-electron chi connectivity index (χ2n) is 6.36. The average Bonchev–Trinajstić information content (AvgIpc) is 2.63. The molecule has 0 fully saturated rings. The van der Waals surface area contributed by atoms with Crippen LogP contribution in [0, 0.1) is 19.7 Å². The fourth-order valence-corrected chi connectivity index (χ4v) is 2.71. The van der Waals surface area contributed by atoms with Gasteiger partial charge in [-0.15, -0.1) is 0 Å². The lowest BCUT2D eigenvalue weighted by Crippen LogP contribution is -2.38. The van der Waals surface area contributed by atoms with E-state index in [1.165, 1.54) is 11.1 Å². The molecule has 2 aromatic rings. The molecule has 0 spiro atoms. The van der Waals surface area contributed by atoms with E-state index in [9.17, 15) is 14.0 Å². The summed E-state index contributed by atoms with van der Waals surface area (Å²) in [5.74, 6) is -0.799. The second kappa shape index (κ2) is 7.47. The molecule has 1 N–H and O–H groups in total. The van der Waals surface area contributed by atoms with Gasteiger partial charge in [0.1, 0.15) is 11.5 Å². The second-order valence-corrected chi connectivity index (χ2v) is 6.36. The third-order valence-electron chi connectivity index (χ3n) is 4.23. The summed E-state index contributed by atoms with van der Waals surface area (Å²) in [7, 11) is 0. The smallest absolute Gasteiger partial charge is 0.267 e. The monoisotopic (exact) mass is 353 g/mol. The summed E-state index contributed by atoms with van der Waals surface area (Å²) in [6, 6.07) is 12.2. The highest BCUT2D eigenvalue weighted by Crippen LogP contribution is 2.21. The van der Waals surface area contributed by atoms with E-state index in [0.717, 1.165) is 5.56 Å².